The minimum Gasteiger partial charge on any atom is -0.133 e. The van der Waals surface area contributed by atoms with Crippen molar-refractivity contribution in [1.29, 1.82) is 0 Å². The molecule has 0 aromatic carbocycles. The third kappa shape index (κ3) is 2.30. The van der Waals surface area contributed by atoms with E-state index < -0.39 is 0 Å². The van der Waals surface area contributed by atoms with E-state index in [9.17, 15) is 0 Å². The summed E-state index contributed by atoms with van der Waals surface area (Å²) in [6.07, 6.45) is 1.14. The molecule has 0 aliphatic heterocycles. The Balaban J connectivity index is 2.93. The zero-order valence-electron chi connectivity index (χ0n) is 6.53. The summed E-state index contributed by atoms with van der Waals surface area (Å²) in [5.41, 5.74) is 1.42. The number of rotatable bonds is 2. The lowest BCUT2D eigenvalue weighted by molar-refractivity contribution is 0.909. The van der Waals surface area contributed by atoms with Crippen LogP contribution in [0.2, 0.25) is 0 Å². The van der Waals surface area contributed by atoms with Gasteiger partial charge in [0.2, 0.25) is 0 Å². The molecule has 0 aliphatic carbocycles. The Hall–Kier alpha value is 0.660. The van der Waals surface area contributed by atoms with Crippen LogP contribution < -0.4 is 0 Å². The second-order valence-electron chi connectivity index (χ2n) is 2.44. The van der Waals surface area contributed by atoms with Gasteiger partial charge in [-0.15, -0.1) is 11.3 Å². The van der Waals surface area contributed by atoms with Crippen LogP contribution in [0.25, 0.3) is 0 Å². The first-order valence-corrected chi connectivity index (χ1v) is 6.07. The first-order valence-electron chi connectivity index (χ1n) is 3.55. The Morgan fingerprint density at radius 3 is 2.64 bits per heavy atom. The Morgan fingerprint density at radius 1 is 1.64 bits per heavy atom. The van der Waals surface area contributed by atoms with Gasteiger partial charge in [-0.1, -0.05) is 22.9 Å². The molecule has 0 nitrogen and oxygen atoms in total. The molecule has 0 fully saturated rings. The Kier molecular flexibility index (Phi) is 3.59. The third-order valence-corrected chi connectivity index (χ3v) is 4.33. The summed E-state index contributed by atoms with van der Waals surface area (Å²) in [6, 6.07) is 2.20. The van der Waals surface area contributed by atoms with Crippen LogP contribution in [0.1, 0.15) is 28.6 Å². The zero-order valence-corrected chi connectivity index (χ0v) is 10.5. The predicted octanol–water partition coefficient (Wildman–Crippen LogP) is 4.67. The minimum atomic E-state index is 0.519. The maximum absolute atomic E-state index is 3.63. The molecular formula is C8H10Br2S. The molecule has 1 unspecified atom stereocenters. The SMILES string of the molecule is CCC(Br)c1cc(Br)sc1C. The lowest BCUT2D eigenvalue weighted by Crippen LogP contribution is -1.85. The monoisotopic (exact) mass is 296 g/mol. The molecule has 1 aromatic heterocycles. The van der Waals surface area contributed by atoms with E-state index in [0.29, 0.717) is 4.83 Å². The molecule has 1 rings (SSSR count). The van der Waals surface area contributed by atoms with Gasteiger partial charge in [0.05, 0.1) is 3.79 Å². The largest absolute Gasteiger partial charge is 0.133 e. The van der Waals surface area contributed by atoms with Crippen molar-refractivity contribution < 1.29 is 0 Å². The Morgan fingerprint density at radius 2 is 2.27 bits per heavy atom. The Bertz CT molecular complexity index is 242. The first-order chi connectivity index (χ1) is 5.15. The van der Waals surface area contributed by atoms with Gasteiger partial charge in [0.25, 0.3) is 0 Å². The van der Waals surface area contributed by atoms with Gasteiger partial charge >= 0.3 is 0 Å². The molecule has 0 bridgehead atoms. The van der Waals surface area contributed by atoms with Gasteiger partial charge in [0.1, 0.15) is 0 Å². The van der Waals surface area contributed by atoms with Crippen LogP contribution in [0.4, 0.5) is 0 Å². The van der Waals surface area contributed by atoms with Crippen molar-refractivity contribution in [2.45, 2.75) is 25.1 Å². The number of hydrogen-bond acceptors (Lipinski definition) is 1. The summed E-state index contributed by atoms with van der Waals surface area (Å²) in [6.45, 7) is 4.35. The van der Waals surface area contributed by atoms with Crippen molar-refractivity contribution in [3.05, 3.63) is 20.3 Å². The summed E-state index contributed by atoms with van der Waals surface area (Å²) in [4.78, 5) is 1.92. The summed E-state index contributed by atoms with van der Waals surface area (Å²) in [7, 11) is 0. The lowest BCUT2D eigenvalue weighted by atomic mass is 10.1. The fourth-order valence-corrected chi connectivity index (χ4v) is 3.39. The topological polar surface area (TPSA) is 0 Å². The number of alkyl halides is 1. The van der Waals surface area contributed by atoms with Gasteiger partial charge in [-0.2, -0.15) is 0 Å². The molecule has 0 saturated heterocycles. The van der Waals surface area contributed by atoms with Crippen molar-refractivity contribution in [3.8, 4) is 0 Å². The molecule has 11 heavy (non-hydrogen) atoms. The molecule has 0 saturated carbocycles. The van der Waals surface area contributed by atoms with Gasteiger partial charge in [-0.3, -0.25) is 0 Å². The standard InChI is InChI=1S/C8H10Br2S/c1-3-7(9)6-4-8(10)11-5(6)2/h4,7H,3H2,1-2H3. The minimum absolute atomic E-state index is 0.519. The van der Waals surface area contributed by atoms with E-state index in [1.54, 1.807) is 11.3 Å². The molecule has 3 heteroatoms. The van der Waals surface area contributed by atoms with Crippen molar-refractivity contribution in [2.24, 2.45) is 0 Å². The first kappa shape index (κ1) is 9.75. The van der Waals surface area contributed by atoms with E-state index >= 15 is 0 Å². The van der Waals surface area contributed by atoms with Crippen molar-refractivity contribution in [3.63, 3.8) is 0 Å². The maximum Gasteiger partial charge on any atom is 0.0704 e. The quantitative estimate of drug-likeness (QED) is 0.696. The van der Waals surface area contributed by atoms with E-state index in [-0.39, 0.29) is 0 Å². The van der Waals surface area contributed by atoms with E-state index in [0.717, 1.165) is 6.42 Å². The molecule has 1 atom stereocenters. The smallest absolute Gasteiger partial charge is 0.0704 e. The number of hydrogen-bond donors (Lipinski definition) is 0. The molecule has 1 heterocycles. The van der Waals surface area contributed by atoms with Gasteiger partial charge in [-0.25, -0.2) is 0 Å². The molecule has 0 radical (unpaired) electrons. The second kappa shape index (κ2) is 4.06. The number of aryl methyl sites for hydroxylation is 1. The maximum atomic E-state index is 3.63. The van der Waals surface area contributed by atoms with E-state index in [2.05, 4.69) is 51.8 Å². The molecule has 1 aromatic rings. The van der Waals surface area contributed by atoms with Crippen LogP contribution in [0.3, 0.4) is 0 Å². The fourth-order valence-electron chi connectivity index (χ4n) is 0.989. The van der Waals surface area contributed by atoms with Crippen LogP contribution in [-0.2, 0) is 0 Å². The van der Waals surface area contributed by atoms with Crippen LogP contribution in [0.15, 0.2) is 9.85 Å². The van der Waals surface area contributed by atoms with E-state index in [4.69, 9.17) is 0 Å². The molecular weight excluding hydrogens is 288 g/mol. The van der Waals surface area contributed by atoms with Crippen LogP contribution >= 0.6 is 43.2 Å². The summed E-state index contributed by atoms with van der Waals surface area (Å²) in [5, 5.41) is 0. The molecule has 62 valence electrons. The highest BCUT2D eigenvalue weighted by Crippen LogP contribution is 2.35. The van der Waals surface area contributed by atoms with Crippen LogP contribution in [0, 0.1) is 6.92 Å². The Labute approximate surface area is 88.3 Å². The van der Waals surface area contributed by atoms with Gasteiger partial charge < -0.3 is 0 Å². The molecule has 0 amide bonds. The van der Waals surface area contributed by atoms with E-state index in [1.165, 1.54) is 14.2 Å². The molecule has 0 spiro atoms. The highest BCUT2D eigenvalue weighted by molar-refractivity contribution is 9.11. The van der Waals surface area contributed by atoms with E-state index in [1.807, 2.05) is 0 Å². The second-order valence-corrected chi connectivity index (χ2v) is 6.18. The molecule has 0 aliphatic rings. The average molecular weight is 298 g/mol. The van der Waals surface area contributed by atoms with Crippen LogP contribution in [0.5, 0.6) is 0 Å². The van der Waals surface area contributed by atoms with Gasteiger partial charge in [-0.05, 0) is 40.9 Å². The number of thiophene rings is 1. The van der Waals surface area contributed by atoms with Crippen LogP contribution in [-0.4, -0.2) is 0 Å². The lowest BCUT2D eigenvalue weighted by Gasteiger charge is -2.04. The highest BCUT2D eigenvalue weighted by atomic mass is 79.9. The van der Waals surface area contributed by atoms with Gasteiger partial charge in [0.15, 0.2) is 0 Å². The molecule has 0 N–H and O–H groups in total. The van der Waals surface area contributed by atoms with Gasteiger partial charge in [0, 0.05) is 9.70 Å². The normalized spacial score (nSPS) is 13.5. The zero-order chi connectivity index (χ0) is 8.43. The summed E-state index contributed by atoms with van der Waals surface area (Å²) >= 11 is 8.91. The average Bonchev–Trinajstić information content (AvgIpc) is 2.28. The van der Waals surface area contributed by atoms with Crippen molar-refractivity contribution in [1.82, 2.24) is 0 Å². The third-order valence-electron chi connectivity index (χ3n) is 1.62. The fraction of sp³-hybridized carbons (Fsp3) is 0.500. The van der Waals surface area contributed by atoms with Crippen molar-refractivity contribution >= 4 is 43.2 Å². The predicted molar refractivity (Wildman–Crippen MR) is 58.7 cm³/mol. The summed E-state index contributed by atoms with van der Waals surface area (Å²) in [5.74, 6) is 0. The van der Waals surface area contributed by atoms with Crippen molar-refractivity contribution in [2.75, 3.05) is 0 Å². The highest BCUT2D eigenvalue weighted by Gasteiger charge is 2.10. The number of halogens is 2. The summed E-state index contributed by atoms with van der Waals surface area (Å²) < 4.78 is 1.22.